The van der Waals surface area contributed by atoms with Crippen LogP contribution in [0.2, 0.25) is 10.0 Å². The van der Waals surface area contributed by atoms with Crippen LogP contribution in [0.1, 0.15) is 24.2 Å². The molecule has 0 amide bonds. The largest absolute Gasteiger partial charge is 0.394 e. The van der Waals surface area contributed by atoms with Crippen LogP contribution in [0.25, 0.3) is 0 Å². The Morgan fingerprint density at radius 1 is 1.48 bits per heavy atom. The zero-order chi connectivity index (χ0) is 15.6. The lowest BCUT2D eigenvalue weighted by molar-refractivity contribution is -0.100. The molecule has 1 aromatic rings. The van der Waals surface area contributed by atoms with Crippen LogP contribution in [0.5, 0.6) is 0 Å². The van der Waals surface area contributed by atoms with Gasteiger partial charge in [-0.05, 0) is 32.0 Å². The first-order chi connectivity index (χ1) is 9.92. The van der Waals surface area contributed by atoms with Crippen molar-refractivity contribution in [3.63, 3.8) is 0 Å². The summed E-state index contributed by atoms with van der Waals surface area (Å²) in [5.41, 5.74) is 0.466. The summed E-state index contributed by atoms with van der Waals surface area (Å²) < 4.78 is 5.59. The fraction of sp³-hybridized carbons (Fsp3) is 0.533. The number of ketones is 1. The van der Waals surface area contributed by atoms with Gasteiger partial charge in [-0.3, -0.25) is 9.69 Å². The van der Waals surface area contributed by atoms with E-state index >= 15 is 0 Å². The number of aliphatic hydroxyl groups is 1. The van der Waals surface area contributed by atoms with Gasteiger partial charge in [-0.1, -0.05) is 23.2 Å². The summed E-state index contributed by atoms with van der Waals surface area (Å²) in [5, 5.41) is 10.1. The zero-order valence-electron chi connectivity index (χ0n) is 12.1. The Hall–Kier alpha value is -0.650. The monoisotopic (exact) mass is 331 g/mol. The summed E-state index contributed by atoms with van der Waals surface area (Å²) in [7, 11) is 0. The molecule has 1 aliphatic rings. The standard InChI is InChI=1S/C15H19Cl2NO3/c1-9-6-18(7-12(8-19)21-9)10(2)15(20)13-4-3-11(16)5-14(13)17/h3-5,9-10,12,19H,6-8H2,1-2H3. The molecule has 3 unspecified atom stereocenters. The van der Waals surface area contributed by atoms with E-state index in [1.54, 1.807) is 18.2 Å². The third kappa shape index (κ3) is 3.96. The molecule has 0 radical (unpaired) electrons. The smallest absolute Gasteiger partial charge is 0.181 e. The first-order valence-corrected chi connectivity index (χ1v) is 7.67. The number of hydrogen-bond donors (Lipinski definition) is 1. The Morgan fingerprint density at radius 2 is 2.19 bits per heavy atom. The Labute approximate surface area is 134 Å². The predicted octanol–water partition coefficient (Wildman–Crippen LogP) is 2.65. The molecule has 4 nitrogen and oxygen atoms in total. The average Bonchev–Trinajstić information content (AvgIpc) is 2.45. The molecule has 21 heavy (non-hydrogen) atoms. The zero-order valence-corrected chi connectivity index (χ0v) is 13.6. The summed E-state index contributed by atoms with van der Waals surface area (Å²) >= 11 is 12.0. The van der Waals surface area contributed by atoms with E-state index in [1.165, 1.54) is 0 Å². The van der Waals surface area contributed by atoms with E-state index in [1.807, 2.05) is 18.7 Å². The Bertz CT molecular complexity index is 524. The lowest BCUT2D eigenvalue weighted by Gasteiger charge is -2.39. The molecule has 1 aromatic carbocycles. The van der Waals surface area contributed by atoms with Crippen molar-refractivity contribution in [2.75, 3.05) is 19.7 Å². The summed E-state index contributed by atoms with van der Waals surface area (Å²) in [6, 6.07) is 4.55. The van der Waals surface area contributed by atoms with Crippen LogP contribution in [-0.4, -0.2) is 53.7 Å². The number of benzene rings is 1. The molecular weight excluding hydrogens is 313 g/mol. The predicted molar refractivity (Wildman–Crippen MR) is 83.2 cm³/mol. The Balaban J connectivity index is 2.14. The number of morpholine rings is 1. The van der Waals surface area contributed by atoms with Crippen LogP contribution in [-0.2, 0) is 4.74 Å². The quantitative estimate of drug-likeness (QED) is 0.862. The van der Waals surface area contributed by atoms with Gasteiger partial charge in [-0.25, -0.2) is 0 Å². The fourth-order valence-corrected chi connectivity index (χ4v) is 3.08. The van der Waals surface area contributed by atoms with Crippen molar-refractivity contribution in [2.24, 2.45) is 0 Å². The van der Waals surface area contributed by atoms with Gasteiger partial charge in [0.05, 0.1) is 29.9 Å². The van der Waals surface area contributed by atoms with E-state index in [0.717, 1.165) is 0 Å². The molecule has 0 aromatic heterocycles. The highest BCUT2D eigenvalue weighted by Crippen LogP contribution is 2.24. The Morgan fingerprint density at radius 3 is 2.81 bits per heavy atom. The van der Waals surface area contributed by atoms with Gasteiger partial charge in [-0.2, -0.15) is 0 Å². The number of nitrogens with zero attached hydrogens (tertiary/aromatic N) is 1. The minimum absolute atomic E-state index is 0.0214. The van der Waals surface area contributed by atoms with E-state index in [0.29, 0.717) is 28.7 Å². The molecule has 0 aliphatic carbocycles. The van der Waals surface area contributed by atoms with E-state index in [2.05, 4.69) is 0 Å². The maximum Gasteiger partial charge on any atom is 0.181 e. The van der Waals surface area contributed by atoms with E-state index in [9.17, 15) is 9.90 Å². The van der Waals surface area contributed by atoms with Gasteiger partial charge in [-0.15, -0.1) is 0 Å². The minimum atomic E-state index is -0.330. The van der Waals surface area contributed by atoms with Crippen LogP contribution >= 0.6 is 23.2 Å². The molecule has 0 saturated carbocycles. The number of carbonyl (C=O) groups excluding carboxylic acids is 1. The maximum absolute atomic E-state index is 12.6. The molecule has 1 heterocycles. The highest BCUT2D eigenvalue weighted by atomic mass is 35.5. The van der Waals surface area contributed by atoms with E-state index in [4.69, 9.17) is 27.9 Å². The second kappa shape index (κ2) is 7.07. The van der Waals surface area contributed by atoms with Crippen molar-refractivity contribution in [3.8, 4) is 0 Å². The summed E-state index contributed by atoms with van der Waals surface area (Å²) in [5.74, 6) is -0.0533. The van der Waals surface area contributed by atoms with Crippen molar-refractivity contribution in [2.45, 2.75) is 32.1 Å². The maximum atomic E-state index is 12.6. The molecule has 116 valence electrons. The summed E-state index contributed by atoms with van der Waals surface area (Å²) in [6.07, 6.45) is -0.281. The number of Topliss-reactive ketones (excluding diaryl/α,β-unsaturated/α-hetero) is 1. The number of halogens is 2. The van der Waals surface area contributed by atoms with Gasteiger partial charge < -0.3 is 9.84 Å². The van der Waals surface area contributed by atoms with Gasteiger partial charge in [0, 0.05) is 23.7 Å². The van der Waals surface area contributed by atoms with Crippen molar-refractivity contribution in [1.82, 2.24) is 4.90 Å². The van der Waals surface area contributed by atoms with Crippen LogP contribution in [0.4, 0.5) is 0 Å². The molecule has 6 heteroatoms. The molecule has 0 spiro atoms. The SMILES string of the molecule is CC1CN(C(C)C(=O)c2ccc(Cl)cc2Cl)CC(CO)O1. The highest BCUT2D eigenvalue weighted by molar-refractivity contribution is 6.37. The van der Waals surface area contributed by atoms with Crippen molar-refractivity contribution < 1.29 is 14.6 Å². The molecule has 0 bridgehead atoms. The van der Waals surface area contributed by atoms with Crippen LogP contribution in [0.15, 0.2) is 18.2 Å². The van der Waals surface area contributed by atoms with Gasteiger partial charge in [0.25, 0.3) is 0 Å². The minimum Gasteiger partial charge on any atom is -0.394 e. The van der Waals surface area contributed by atoms with Gasteiger partial charge in [0.1, 0.15) is 0 Å². The third-order valence-corrected chi connectivity index (χ3v) is 4.23. The second-order valence-corrected chi connectivity index (χ2v) is 6.21. The first kappa shape index (κ1) is 16.7. The Kier molecular flexibility index (Phi) is 5.63. The topological polar surface area (TPSA) is 49.8 Å². The van der Waals surface area contributed by atoms with Crippen molar-refractivity contribution >= 4 is 29.0 Å². The first-order valence-electron chi connectivity index (χ1n) is 6.92. The van der Waals surface area contributed by atoms with Gasteiger partial charge in [0.15, 0.2) is 5.78 Å². The van der Waals surface area contributed by atoms with E-state index < -0.39 is 0 Å². The normalized spacial score (nSPS) is 24.8. The van der Waals surface area contributed by atoms with Crippen molar-refractivity contribution in [1.29, 1.82) is 0 Å². The number of carbonyl (C=O) groups is 1. The summed E-state index contributed by atoms with van der Waals surface area (Å²) in [6.45, 7) is 4.90. The van der Waals surface area contributed by atoms with Crippen molar-refractivity contribution in [3.05, 3.63) is 33.8 Å². The number of hydrogen-bond acceptors (Lipinski definition) is 4. The van der Waals surface area contributed by atoms with Gasteiger partial charge >= 0.3 is 0 Å². The molecule has 1 aliphatic heterocycles. The van der Waals surface area contributed by atoms with Gasteiger partial charge in [0.2, 0.25) is 0 Å². The molecular formula is C15H19Cl2NO3. The highest BCUT2D eigenvalue weighted by Gasteiger charge is 2.31. The molecule has 1 N–H and O–H groups in total. The number of ether oxygens (including phenoxy) is 1. The van der Waals surface area contributed by atoms with Crippen LogP contribution in [0, 0.1) is 0 Å². The molecule has 3 atom stereocenters. The lowest BCUT2D eigenvalue weighted by atomic mass is 10.0. The summed E-state index contributed by atoms with van der Waals surface area (Å²) in [4.78, 5) is 14.6. The third-order valence-electron chi connectivity index (χ3n) is 3.68. The fourth-order valence-electron chi connectivity index (χ4n) is 2.58. The average molecular weight is 332 g/mol. The van der Waals surface area contributed by atoms with E-state index in [-0.39, 0.29) is 30.6 Å². The molecule has 1 fully saturated rings. The second-order valence-electron chi connectivity index (χ2n) is 5.37. The molecule has 1 saturated heterocycles. The number of rotatable bonds is 4. The molecule has 2 rings (SSSR count). The number of aliphatic hydroxyl groups excluding tert-OH is 1. The van der Waals surface area contributed by atoms with Crippen LogP contribution in [0.3, 0.4) is 0 Å². The lowest BCUT2D eigenvalue weighted by Crippen LogP contribution is -2.53. The van der Waals surface area contributed by atoms with Crippen LogP contribution < -0.4 is 0 Å².